The number of amides is 1. The van der Waals surface area contributed by atoms with Crippen LogP contribution in [-0.4, -0.2) is 34.1 Å². The van der Waals surface area contributed by atoms with Crippen molar-refractivity contribution in [2.75, 3.05) is 12.3 Å². The van der Waals surface area contributed by atoms with Gasteiger partial charge in [-0.15, -0.1) is 11.8 Å². The first-order valence-electron chi connectivity index (χ1n) is 6.50. The Balaban J connectivity index is 1.84. The van der Waals surface area contributed by atoms with E-state index >= 15 is 0 Å². The predicted molar refractivity (Wildman–Crippen MR) is 81.4 cm³/mol. The Kier molecular flexibility index (Phi) is 3.50. The van der Waals surface area contributed by atoms with Crippen LogP contribution in [0.4, 0.5) is 0 Å². The van der Waals surface area contributed by atoms with E-state index in [9.17, 15) is 4.79 Å². The molecular formula is C14H16N2OS2. The lowest BCUT2D eigenvalue weighted by Crippen LogP contribution is -2.44. The van der Waals surface area contributed by atoms with Gasteiger partial charge in [0.25, 0.3) is 0 Å². The lowest BCUT2D eigenvalue weighted by molar-refractivity contribution is -0.132. The van der Waals surface area contributed by atoms with Crippen molar-refractivity contribution >= 4 is 34.9 Å². The zero-order chi connectivity index (χ0) is 13.4. The van der Waals surface area contributed by atoms with Crippen LogP contribution in [0.1, 0.15) is 24.3 Å². The third-order valence-electron chi connectivity index (χ3n) is 3.86. The second-order valence-electron chi connectivity index (χ2n) is 4.99. The molecule has 2 heterocycles. The molecule has 1 aromatic carbocycles. The SMILES string of the molecule is NC(=S)C1CCCN1C(=O)C1CSc2ccccc21. The summed E-state index contributed by atoms with van der Waals surface area (Å²) in [5.74, 6) is 0.988. The van der Waals surface area contributed by atoms with E-state index in [1.165, 1.54) is 4.90 Å². The Bertz CT molecular complexity index is 532. The second-order valence-corrected chi connectivity index (χ2v) is 6.53. The molecule has 19 heavy (non-hydrogen) atoms. The molecule has 1 fully saturated rings. The van der Waals surface area contributed by atoms with Gasteiger partial charge in [-0.3, -0.25) is 4.79 Å². The minimum Gasteiger partial charge on any atom is -0.392 e. The van der Waals surface area contributed by atoms with Crippen LogP contribution in [0.25, 0.3) is 0 Å². The van der Waals surface area contributed by atoms with E-state index in [4.69, 9.17) is 18.0 Å². The highest BCUT2D eigenvalue weighted by Crippen LogP contribution is 2.41. The molecule has 3 rings (SSSR count). The van der Waals surface area contributed by atoms with Crippen LogP contribution in [0.15, 0.2) is 29.2 Å². The Labute approximate surface area is 122 Å². The van der Waals surface area contributed by atoms with Crippen molar-refractivity contribution in [3.63, 3.8) is 0 Å². The maximum atomic E-state index is 12.7. The summed E-state index contributed by atoms with van der Waals surface area (Å²) in [7, 11) is 0. The number of rotatable bonds is 2. The van der Waals surface area contributed by atoms with Gasteiger partial charge < -0.3 is 10.6 Å². The Morgan fingerprint density at radius 2 is 2.21 bits per heavy atom. The van der Waals surface area contributed by atoms with Gasteiger partial charge >= 0.3 is 0 Å². The van der Waals surface area contributed by atoms with Gasteiger partial charge in [-0.2, -0.15) is 0 Å². The molecule has 2 atom stereocenters. The number of fused-ring (bicyclic) bond motifs is 1. The molecule has 2 aliphatic rings. The molecular weight excluding hydrogens is 276 g/mol. The van der Waals surface area contributed by atoms with Crippen LogP contribution in [0.5, 0.6) is 0 Å². The van der Waals surface area contributed by atoms with Gasteiger partial charge in [0.05, 0.1) is 16.9 Å². The summed E-state index contributed by atoms with van der Waals surface area (Å²) in [6.45, 7) is 0.782. The molecule has 2 unspecified atom stereocenters. The molecule has 3 nitrogen and oxygen atoms in total. The number of thiocarbonyl (C=S) groups is 1. The van der Waals surface area contributed by atoms with Gasteiger partial charge in [-0.25, -0.2) is 0 Å². The summed E-state index contributed by atoms with van der Waals surface area (Å²) in [6, 6.07) is 8.12. The van der Waals surface area contributed by atoms with E-state index in [0.717, 1.165) is 30.7 Å². The fourth-order valence-corrected chi connectivity index (χ4v) is 4.36. The minimum absolute atomic E-state index is 0.0313. The Morgan fingerprint density at radius 1 is 1.42 bits per heavy atom. The molecule has 0 aromatic heterocycles. The molecule has 0 saturated carbocycles. The first-order valence-corrected chi connectivity index (χ1v) is 7.89. The summed E-state index contributed by atoms with van der Waals surface area (Å²) in [5.41, 5.74) is 6.91. The van der Waals surface area contributed by atoms with E-state index in [1.54, 1.807) is 11.8 Å². The summed E-state index contributed by atoms with van der Waals surface area (Å²) in [5, 5.41) is 0. The lowest BCUT2D eigenvalue weighted by atomic mass is 9.99. The minimum atomic E-state index is -0.0414. The zero-order valence-corrected chi connectivity index (χ0v) is 12.2. The van der Waals surface area contributed by atoms with Crippen molar-refractivity contribution in [3.8, 4) is 0 Å². The zero-order valence-electron chi connectivity index (χ0n) is 10.5. The molecule has 0 spiro atoms. The van der Waals surface area contributed by atoms with E-state index in [1.807, 2.05) is 17.0 Å². The van der Waals surface area contributed by atoms with Crippen molar-refractivity contribution in [2.24, 2.45) is 5.73 Å². The average Bonchev–Trinajstić information content (AvgIpc) is 3.05. The van der Waals surface area contributed by atoms with Crippen molar-refractivity contribution in [3.05, 3.63) is 29.8 Å². The summed E-state index contributed by atoms with van der Waals surface area (Å²) in [4.78, 5) is 16.3. The lowest BCUT2D eigenvalue weighted by Gasteiger charge is -2.26. The third-order valence-corrected chi connectivity index (χ3v) is 5.32. The number of benzene rings is 1. The van der Waals surface area contributed by atoms with E-state index < -0.39 is 0 Å². The Hall–Kier alpha value is -1.07. The monoisotopic (exact) mass is 292 g/mol. The van der Waals surface area contributed by atoms with Crippen molar-refractivity contribution in [2.45, 2.75) is 29.7 Å². The molecule has 0 aliphatic carbocycles. The third kappa shape index (κ3) is 2.25. The van der Waals surface area contributed by atoms with Crippen LogP contribution in [0.2, 0.25) is 0 Å². The molecule has 5 heteroatoms. The van der Waals surface area contributed by atoms with Crippen LogP contribution in [0, 0.1) is 0 Å². The predicted octanol–water partition coefficient (Wildman–Crippen LogP) is 2.15. The van der Waals surface area contributed by atoms with Crippen LogP contribution in [-0.2, 0) is 4.79 Å². The maximum Gasteiger partial charge on any atom is 0.231 e. The van der Waals surface area contributed by atoms with Gasteiger partial charge in [0, 0.05) is 17.2 Å². The standard InChI is InChI=1S/C14H16N2OS2/c15-13(18)11-5-3-7-16(11)14(17)10-8-19-12-6-2-1-4-9(10)12/h1-2,4,6,10-11H,3,5,7-8H2,(H2,15,18). The number of nitrogens with two attached hydrogens (primary N) is 1. The number of nitrogens with zero attached hydrogens (tertiary/aromatic N) is 1. The Morgan fingerprint density at radius 3 is 3.00 bits per heavy atom. The van der Waals surface area contributed by atoms with Crippen LogP contribution in [0.3, 0.4) is 0 Å². The highest BCUT2D eigenvalue weighted by atomic mass is 32.2. The number of likely N-dealkylation sites (tertiary alicyclic amines) is 1. The average molecular weight is 292 g/mol. The molecule has 1 aromatic rings. The molecule has 100 valence electrons. The van der Waals surface area contributed by atoms with E-state index in [-0.39, 0.29) is 17.9 Å². The molecule has 1 saturated heterocycles. The van der Waals surface area contributed by atoms with Crippen molar-refractivity contribution in [1.29, 1.82) is 0 Å². The summed E-state index contributed by atoms with van der Waals surface area (Å²) >= 11 is 6.84. The summed E-state index contributed by atoms with van der Waals surface area (Å²) in [6.07, 6.45) is 1.90. The number of carbonyl (C=O) groups is 1. The molecule has 2 aliphatic heterocycles. The first kappa shape index (κ1) is 12.9. The highest BCUT2D eigenvalue weighted by molar-refractivity contribution is 7.99. The van der Waals surface area contributed by atoms with E-state index in [0.29, 0.717) is 4.99 Å². The fraction of sp³-hybridized carbons (Fsp3) is 0.429. The smallest absolute Gasteiger partial charge is 0.231 e. The van der Waals surface area contributed by atoms with Crippen molar-refractivity contribution < 1.29 is 4.79 Å². The second kappa shape index (κ2) is 5.13. The van der Waals surface area contributed by atoms with Gasteiger partial charge in [0.1, 0.15) is 0 Å². The number of carbonyl (C=O) groups excluding carboxylic acids is 1. The number of hydrogen-bond donors (Lipinski definition) is 1. The maximum absolute atomic E-state index is 12.7. The van der Waals surface area contributed by atoms with Gasteiger partial charge in [-0.1, -0.05) is 30.4 Å². The largest absolute Gasteiger partial charge is 0.392 e. The van der Waals surface area contributed by atoms with E-state index in [2.05, 4.69) is 12.1 Å². The molecule has 1 amide bonds. The number of hydrogen-bond acceptors (Lipinski definition) is 3. The van der Waals surface area contributed by atoms with Crippen LogP contribution < -0.4 is 5.73 Å². The normalized spacial score (nSPS) is 25.4. The summed E-state index contributed by atoms with van der Waals surface area (Å²) < 4.78 is 0. The van der Waals surface area contributed by atoms with Gasteiger partial charge in [-0.05, 0) is 24.5 Å². The molecule has 0 radical (unpaired) electrons. The molecule has 2 N–H and O–H groups in total. The van der Waals surface area contributed by atoms with Gasteiger partial charge in [0.15, 0.2) is 0 Å². The van der Waals surface area contributed by atoms with Crippen LogP contribution >= 0.6 is 24.0 Å². The van der Waals surface area contributed by atoms with Gasteiger partial charge in [0.2, 0.25) is 5.91 Å². The highest BCUT2D eigenvalue weighted by Gasteiger charge is 2.37. The van der Waals surface area contributed by atoms with Crippen molar-refractivity contribution in [1.82, 2.24) is 4.90 Å². The fourth-order valence-electron chi connectivity index (χ4n) is 2.89. The first-order chi connectivity index (χ1) is 9.18. The molecule has 0 bridgehead atoms. The topological polar surface area (TPSA) is 46.3 Å². The quantitative estimate of drug-likeness (QED) is 0.849. The number of thioether (sulfide) groups is 1.